The van der Waals surface area contributed by atoms with Crippen LogP contribution in [0.5, 0.6) is 0 Å². The van der Waals surface area contributed by atoms with E-state index in [1.165, 1.54) is 18.9 Å². The van der Waals surface area contributed by atoms with Crippen LogP contribution in [-0.2, 0) is 0 Å². The Hall–Kier alpha value is -1.09. The quantitative estimate of drug-likeness (QED) is 0.725. The highest BCUT2D eigenvalue weighted by molar-refractivity contribution is 5.42. The van der Waals surface area contributed by atoms with Gasteiger partial charge in [0.25, 0.3) is 0 Å². The number of hydrogen-bond donors (Lipinski definition) is 2. The lowest BCUT2D eigenvalue weighted by Crippen LogP contribution is -2.11. The number of nitrogens with two attached hydrogens (primary N) is 2. The highest BCUT2D eigenvalue weighted by atomic mass is 19.1. The van der Waals surface area contributed by atoms with E-state index >= 15 is 0 Å². The van der Waals surface area contributed by atoms with Gasteiger partial charge in [0.05, 0.1) is 5.69 Å². The fraction of sp³-hybridized carbons (Fsp3) is 0.455. The predicted molar refractivity (Wildman–Crippen MR) is 55.1 cm³/mol. The Bertz CT molecular complexity index is 334. The summed E-state index contributed by atoms with van der Waals surface area (Å²) in [6, 6.07) is 4.79. The highest BCUT2D eigenvalue weighted by Crippen LogP contribution is 2.36. The van der Waals surface area contributed by atoms with E-state index in [0.717, 1.165) is 17.9 Å². The molecule has 1 fully saturated rings. The summed E-state index contributed by atoms with van der Waals surface area (Å²) >= 11 is 0. The number of halogens is 1. The van der Waals surface area contributed by atoms with Crippen molar-refractivity contribution in [2.24, 2.45) is 11.7 Å². The van der Waals surface area contributed by atoms with Crippen molar-refractivity contribution in [3.8, 4) is 0 Å². The van der Waals surface area contributed by atoms with Crippen molar-refractivity contribution in [3.63, 3.8) is 0 Å². The summed E-state index contributed by atoms with van der Waals surface area (Å²) in [7, 11) is 0. The molecule has 1 saturated carbocycles. The molecule has 0 aliphatic heterocycles. The molecule has 2 rings (SSSR count). The van der Waals surface area contributed by atoms with E-state index in [9.17, 15) is 4.39 Å². The molecule has 0 radical (unpaired) electrons. The summed E-state index contributed by atoms with van der Waals surface area (Å²) in [5.41, 5.74) is 12.4. The number of hydrogen-bond acceptors (Lipinski definition) is 2. The summed E-state index contributed by atoms with van der Waals surface area (Å²) in [6.45, 7) is 0. The summed E-state index contributed by atoms with van der Waals surface area (Å²) in [5, 5.41) is 0. The van der Waals surface area contributed by atoms with Gasteiger partial charge in [0.1, 0.15) is 5.82 Å². The number of anilines is 1. The summed E-state index contributed by atoms with van der Waals surface area (Å²) in [4.78, 5) is 0. The molecule has 0 heterocycles. The normalized spacial score (nSPS) is 18.1. The van der Waals surface area contributed by atoms with Gasteiger partial charge >= 0.3 is 0 Å². The maximum Gasteiger partial charge on any atom is 0.146 e. The van der Waals surface area contributed by atoms with Crippen LogP contribution >= 0.6 is 0 Å². The molecule has 14 heavy (non-hydrogen) atoms. The van der Waals surface area contributed by atoms with Crippen LogP contribution in [0.3, 0.4) is 0 Å². The van der Waals surface area contributed by atoms with E-state index in [2.05, 4.69) is 0 Å². The molecule has 76 valence electrons. The van der Waals surface area contributed by atoms with Gasteiger partial charge in [-0.1, -0.05) is 18.9 Å². The maximum atomic E-state index is 13.1. The van der Waals surface area contributed by atoms with Gasteiger partial charge in [-0.3, -0.25) is 0 Å². The summed E-state index contributed by atoms with van der Waals surface area (Å²) in [5.74, 6) is 0.388. The second-order valence-electron chi connectivity index (χ2n) is 4.07. The fourth-order valence-electron chi connectivity index (χ4n) is 1.62. The van der Waals surface area contributed by atoms with Gasteiger partial charge in [0.15, 0.2) is 0 Å². The zero-order valence-corrected chi connectivity index (χ0v) is 8.04. The molecule has 0 aromatic heterocycles. The Morgan fingerprint density at radius 1 is 1.43 bits per heavy atom. The van der Waals surface area contributed by atoms with E-state index < -0.39 is 0 Å². The van der Waals surface area contributed by atoms with Crippen molar-refractivity contribution in [1.29, 1.82) is 0 Å². The SMILES string of the molecule is Nc1ccc(C(N)CC2CC2)cc1F. The van der Waals surface area contributed by atoms with Crippen LogP contribution in [0, 0.1) is 11.7 Å². The van der Waals surface area contributed by atoms with Gasteiger partial charge in [-0.15, -0.1) is 0 Å². The van der Waals surface area contributed by atoms with E-state index in [1.54, 1.807) is 6.07 Å². The third kappa shape index (κ3) is 2.04. The van der Waals surface area contributed by atoms with Crippen molar-refractivity contribution in [1.82, 2.24) is 0 Å². The molecular weight excluding hydrogens is 179 g/mol. The third-order valence-corrected chi connectivity index (χ3v) is 2.74. The largest absolute Gasteiger partial charge is 0.396 e. The van der Waals surface area contributed by atoms with Gasteiger partial charge in [-0.2, -0.15) is 0 Å². The van der Waals surface area contributed by atoms with E-state index in [4.69, 9.17) is 11.5 Å². The minimum absolute atomic E-state index is 0.0439. The van der Waals surface area contributed by atoms with Crippen LogP contribution in [0.4, 0.5) is 10.1 Å². The minimum Gasteiger partial charge on any atom is -0.396 e. The van der Waals surface area contributed by atoms with E-state index in [0.29, 0.717) is 0 Å². The minimum atomic E-state index is -0.367. The van der Waals surface area contributed by atoms with Crippen LogP contribution in [0.1, 0.15) is 30.9 Å². The Morgan fingerprint density at radius 3 is 2.71 bits per heavy atom. The van der Waals surface area contributed by atoms with Crippen molar-refractivity contribution in [2.45, 2.75) is 25.3 Å². The first kappa shape index (κ1) is 9.46. The number of nitrogen functional groups attached to an aromatic ring is 1. The second-order valence-corrected chi connectivity index (χ2v) is 4.07. The monoisotopic (exact) mass is 194 g/mol. The third-order valence-electron chi connectivity index (χ3n) is 2.74. The second kappa shape index (κ2) is 3.58. The first-order valence-corrected chi connectivity index (χ1v) is 4.97. The lowest BCUT2D eigenvalue weighted by Gasteiger charge is -2.11. The Labute approximate surface area is 83.1 Å². The van der Waals surface area contributed by atoms with Crippen molar-refractivity contribution < 1.29 is 4.39 Å². The number of rotatable bonds is 3. The van der Waals surface area contributed by atoms with Gasteiger partial charge in [-0.25, -0.2) is 4.39 Å². The Morgan fingerprint density at radius 2 is 2.14 bits per heavy atom. The first-order valence-electron chi connectivity index (χ1n) is 4.97. The van der Waals surface area contributed by atoms with Crippen LogP contribution in [0.2, 0.25) is 0 Å². The van der Waals surface area contributed by atoms with Crippen molar-refractivity contribution in [3.05, 3.63) is 29.6 Å². The molecular formula is C11H15FN2. The summed E-state index contributed by atoms with van der Waals surface area (Å²) < 4.78 is 13.1. The molecule has 1 atom stereocenters. The predicted octanol–water partition coefficient (Wildman–Crippen LogP) is 2.21. The molecule has 1 aromatic rings. The summed E-state index contributed by atoms with van der Waals surface area (Å²) in [6.07, 6.45) is 3.50. The molecule has 1 unspecified atom stereocenters. The van der Waals surface area contributed by atoms with Crippen LogP contribution in [0.15, 0.2) is 18.2 Å². The average Bonchev–Trinajstić information content (AvgIpc) is 2.93. The topological polar surface area (TPSA) is 52.0 Å². The number of benzene rings is 1. The van der Waals surface area contributed by atoms with Gasteiger partial charge < -0.3 is 11.5 Å². The molecule has 3 heteroatoms. The molecule has 0 amide bonds. The molecule has 0 spiro atoms. The molecule has 0 saturated heterocycles. The zero-order chi connectivity index (χ0) is 10.1. The molecule has 2 nitrogen and oxygen atoms in total. The van der Waals surface area contributed by atoms with E-state index in [1.807, 2.05) is 6.07 Å². The fourth-order valence-corrected chi connectivity index (χ4v) is 1.62. The van der Waals surface area contributed by atoms with E-state index in [-0.39, 0.29) is 17.5 Å². The smallest absolute Gasteiger partial charge is 0.146 e. The Balaban J connectivity index is 2.10. The first-order chi connectivity index (χ1) is 6.66. The average molecular weight is 194 g/mol. The van der Waals surface area contributed by atoms with Crippen molar-refractivity contribution in [2.75, 3.05) is 5.73 Å². The highest BCUT2D eigenvalue weighted by Gasteiger charge is 2.24. The van der Waals surface area contributed by atoms with Gasteiger partial charge in [-0.05, 0) is 30.0 Å². The maximum absolute atomic E-state index is 13.1. The van der Waals surface area contributed by atoms with Gasteiger partial charge in [0.2, 0.25) is 0 Å². The van der Waals surface area contributed by atoms with Crippen LogP contribution < -0.4 is 11.5 Å². The van der Waals surface area contributed by atoms with Gasteiger partial charge in [0, 0.05) is 6.04 Å². The lowest BCUT2D eigenvalue weighted by atomic mass is 10.0. The molecule has 1 aliphatic carbocycles. The van der Waals surface area contributed by atoms with Crippen LogP contribution in [0.25, 0.3) is 0 Å². The molecule has 1 aromatic carbocycles. The molecule has 0 bridgehead atoms. The molecule has 4 N–H and O–H groups in total. The Kier molecular flexibility index (Phi) is 2.42. The molecule has 1 aliphatic rings. The van der Waals surface area contributed by atoms with Crippen LogP contribution in [-0.4, -0.2) is 0 Å². The lowest BCUT2D eigenvalue weighted by molar-refractivity contribution is 0.584. The van der Waals surface area contributed by atoms with Crippen molar-refractivity contribution >= 4 is 5.69 Å². The zero-order valence-electron chi connectivity index (χ0n) is 8.04. The standard InChI is InChI=1S/C11H15FN2/c12-9-6-8(3-4-10(9)13)11(14)5-7-1-2-7/h3-4,6-7,11H,1-2,5,13-14H2.